The Morgan fingerprint density at radius 1 is 0.685 bits per heavy atom. The summed E-state index contributed by atoms with van der Waals surface area (Å²) in [7, 11) is -2.45. The molecule has 23 N–H and O–H groups in total. The predicted octanol–water partition coefficient (Wildman–Crippen LogP) is 1.77. The van der Waals surface area contributed by atoms with Crippen LogP contribution in [0.25, 0.3) is 17.2 Å². The number of aliphatic hydroxyl groups excluding tert-OH is 6. The first-order valence-corrected chi connectivity index (χ1v) is 41.2. The second-order valence-corrected chi connectivity index (χ2v) is 33.3. The molecule has 0 radical (unpaired) electrons. The lowest BCUT2D eigenvalue weighted by Crippen LogP contribution is -2.64. The van der Waals surface area contributed by atoms with Gasteiger partial charge in [0.05, 0.1) is 46.2 Å². The van der Waals surface area contributed by atoms with Crippen molar-refractivity contribution in [2.45, 2.75) is 161 Å². The molecule has 18 atom stereocenters. The zero-order valence-corrected chi connectivity index (χ0v) is 69.1. The van der Waals surface area contributed by atoms with Gasteiger partial charge in [-0.2, -0.15) is 0 Å². The molecule has 124 heavy (non-hydrogen) atoms. The van der Waals surface area contributed by atoms with Crippen LogP contribution in [0, 0.1) is 5.92 Å². The number of carbonyl (C=O) groups excluding carboxylic acids is 9. The Hall–Kier alpha value is -11.8. The van der Waals surface area contributed by atoms with Gasteiger partial charge in [0.25, 0.3) is 10.0 Å². The van der Waals surface area contributed by atoms with Crippen molar-refractivity contribution in [1.29, 1.82) is 0 Å². The number of sulfonamides is 1. The minimum atomic E-state index is -3.92. The summed E-state index contributed by atoms with van der Waals surface area (Å²) in [5, 5.41) is 128. The van der Waals surface area contributed by atoms with Gasteiger partial charge in [0.2, 0.25) is 65.2 Å². The molecule has 7 aliphatic heterocycles. The number of aliphatic hydroxyl groups is 6. The fourth-order valence-electron chi connectivity index (χ4n) is 14.7. The van der Waals surface area contributed by atoms with E-state index in [0.717, 1.165) is 72.8 Å². The molecule has 660 valence electrons. The highest BCUT2D eigenvalue weighted by atomic mass is 35.5. The third kappa shape index (κ3) is 20.8. The summed E-state index contributed by atoms with van der Waals surface area (Å²) in [5.41, 5.74) is 8.85. The molecule has 38 nitrogen and oxygen atoms in total. The number of phenols is 3. The Bertz CT molecular complexity index is 5390. The van der Waals surface area contributed by atoms with Crippen LogP contribution in [0.5, 0.6) is 46.0 Å². The molecule has 3 unspecified atom stereocenters. The summed E-state index contributed by atoms with van der Waals surface area (Å²) in [5.74, 6) is -16.2. The number of aromatic hydroxyl groups is 3. The molecule has 0 aliphatic carbocycles. The van der Waals surface area contributed by atoms with Gasteiger partial charge >= 0.3 is 0 Å². The van der Waals surface area contributed by atoms with Crippen molar-refractivity contribution >= 4 is 98.2 Å². The van der Waals surface area contributed by atoms with Crippen LogP contribution < -0.4 is 78.3 Å². The minimum Gasteiger partial charge on any atom is -0.508 e. The number of likely N-dealkylation sites (N-methyl/N-ethyl adjacent to an activating group) is 1. The van der Waals surface area contributed by atoms with Gasteiger partial charge in [-0.1, -0.05) is 85.6 Å². The summed E-state index contributed by atoms with van der Waals surface area (Å²) in [4.78, 5) is 134. The number of ether oxygens (including phenoxy) is 6. The molecule has 7 aromatic carbocycles. The number of hydrogen-bond donors (Lipinski definition) is 21. The van der Waals surface area contributed by atoms with Gasteiger partial charge in [0.1, 0.15) is 95.5 Å². The SMILES string of the molecule is CN[C@H](CC(C)C)C(=O)N[C@H]1C(=O)N[C@@H](CC(N)=O)C(=O)NC2C(=O)N[C@H]3C(=O)N[C@H](C(=O)NC(C(=O)NCCNC(=O)/C=C/c4ccc(NS(=O)(=O)c5ccccc5)cc4)c4cc(O)cc(O)c4-c4cc3ccc4O)[C@H](O)c3ccc(c(Cl)c3)Oc3cc2cc(c3O[C@@H]2O[C@H](CO)[C@@H](O)[C@H](O)[C@H]2OC2C[C@](C)(N)[C@H](O)[C@H](C)O2)Oc2ccc(cc2Cl)[C@H]1O. The van der Waals surface area contributed by atoms with E-state index < -0.39 is 260 Å². The first-order chi connectivity index (χ1) is 58.8. The number of amides is 9. The number of carbonyl (C=O) groups is 9. The molecule has 11 bridgehead atoms. The van der Waals surface area contributed by atoms with E-state index in [2.05, 4.69) is 52.6 Å². The van der Waals surface area contributed by atoms with Crippen LogP contribution in [0.2, 0.25) is 10.0 Å². The number of phenolic OH excluding ortho intramolecular Hbond substituents is 3. The highest BCUT2D eigenvalue weighted by Crippen LogP contribution is 2.50. The van der Waals surface area contributed by atoms with Gasteiger partial charge in [0.15, 0.2) is 23.9 Å². The molecule has 7 aliphatic rings. The smallest absolute Gasteiger partial charge is 0.261 e. The van der Waals surface area contributed by atoms with Crippen molar-refractivity contribution in [3.05, 3.63) is 183 Å². The molecule has 0 saturated carbocycles. The van der Waals surface area contributed by atoms with E-state index in [4.69, 9.17) is 63.1 Å². The first-order valence-electron chi connectivity index (χ1n) is 38.9. The number of benzene rings is 7. The normalized spacial score (nSPS) is 26.2. The van der Waals surface area contributed by atoms with Crippen molar-refractivity contribution in [1.82, 2.24) is 47.9 Å². The summed E-state index contributed by atoms with van der Waals surface area (Å²) in [6.45, 7) is 4.90. The van der Waals surface area contributed by atoms with Crippen LogP contribution in [0.3, 0.4) is 0 Å². The maximum atomic E-state index is 16.3. The number of fused-ring (bicyclic) bond motifs is 15. The molecular weight excluding hydrogens is 1680 g/mol. The van der Waals surface area contributed by atoms with Gasteiger partial charge in [-0.3, -0.25) is 47.9 Å². The molecule has 2 saturated heterocycles. The molecule has 2 fully saturated rings. The summed E-state index contributed by atoms with van der Waals surface area (Å²) in [6, 6.07) is 13.1. The first kappa shape index (κ1) is 91.4. The quantitative estimate of drug-likeness (QED) is 0.0360. The van der Waals surface area contributed by atoms with Gasteiger partial charge in [-0.15, -0.1) is 0 Å². The third-order valence-electron chi connectivity index (χ3n) is 21.2. The van der Waals surface area contributed by atoms with Crippen LogP contribution in [0.1, 0.15) is 111 Å². The minimum absolute atomic E-state index is 0.0347. The van der Waals surface area contributed by atoms with Gasteiger partial charge in [0, 0.05) is 54.0 Å². The summed E-state index contributed by atoms with van der Waals surface area (Å²) >= 11 is 14.3. The maximum absolute atomic E-state index is 16.3. The van der Waals surface area contributed by atoms with E-state index in [0.29, 0.717) is 5.56 Å². The average Bonchev–Trinajstić information content (AvgIpc) is 0.763. The Labute approximate surface area is 718 Å². The Balaban J connectivity index is 0.982. The van der Waals surface area contributed by atoms with Crippen LogP contribution in [0.15, 0.2) is 144 Å². The van der Waals surface area contributed by atoms with Crippen molar-refractivity contribution in [3.63, 3.8) is 0 Å². The number of hydrogen-bond acceptors (Lipinski definition) is 28. The van der Waals surface area contributed by atoms with Crippen LogP contribution >= 0.6 is 23.2 Å². The van der Waals surface area contributed by atoms with E-state index >= 15 is 19.2 Å². The highest BCUT2D eigenvalue weighted by Gasteiger charge is 2.52. The topological polar surface area (TPSA) is 598 Å². The zero-order chi connectivity index (χ0) is 89.7. The number of nitrogens with one attached hydrogen (secondary N) is 10. The number of nitrogens with two attached hydrogens (primary N) is 2. The number of halogens is 2. The van der Waals surface area contributed by atoms with E-state index in [1.165, 1.54) is 75.5 Å². The van der Waals surface area contributed by atoms with E-state index in [1.54, 1.807) is 18.2 Å². The monoisotopic (exact) mass is 1770 g/mol. The zero-order valence-electron chi connectivity index (χ0n) is 66.8. The molecule has 14 rings (SSSR count). The molecular formula is C83H92Cl2N12O26S. The summed E-state index contributed by atoms with van der Waals surface area (Å²) < 4.78 is 66.9. The molecule has 0 spiro atoms. The fraction of sp³-hybridized carbons (Fsp3) is 0.361. The van der Waals surface area contributed by atoms with E-state index in [-0.39, 0.29) is 63.3 Å². The predicted molar refractivity (Wildman–Crippen MR) is 440 cm³/mol. The number of primary amides is 1. The average molecular weight is 1780 g/mol. The van der Waals surface area contributed by atoms with E-state index in [1.807, 2.05) is 13.8 Å². The fourth-order valence-corrected chi connectivity index (χ4v) is 16.2. The molecule has 7 heterocycles. The molecule has 0 aromatic heterocycles. The van der Waals surface area contributed by atoms with Crippen LogP contribution in [0.4, 0.5) is 5.69 Å². The van der Waals surface area contributed by atoms with Gasteiger partial charge < -0.3 is 134 Å². The van der Waals surface area contributed by atoms with Crippen LogP contribution in [-0.2, 0) is 67.4 Å². The summed E-state index contributed by atoms with van der Waals surface area (Å²) in [6.07, 6.45) is -16.3. The standard InChI is InChI=1S/C83H92Cl2N12O26S/c1-36(2)25-50(88-5)75(109)95-66-68(104)40-15-20-54(48(84)27-40)119-56-29-42-30-57(72(56)123-82-73(71(107)70(106)58(35-98)121-82)122-61-34-83(4,87)74(108)37(3)118-61)120-55-21-16-41(28-49(55)85)69(105)67-81(115)94-65(77(111)90-24-23-89-60(103)22-13-38-11-17-43(18-12-38)97-124(116,117)45-9-7-6-8-10-45)47-31-44(99)32-53(101)62(47)46-26-39(14-19-52(46)100)63(78(112)96-67)93-79(113)64(42)92-76(110)51(33-59(86)102)91-80(66)114/h6-22,26-32,36-37,50-51,58,61,63-71,73-74,82,88,97-101,104-108H,23-25,33-35,87H2,1-5H3,(H2,86,102)(H,89,103)(H,90,111)(H,91,114)(H,92,110)(H,93,113)(H,94,115)(H,95,109)(H,96,112)/b22-13+/t37-,50+,51-,58+,61?,63+,64?,65?,66+,67-,68+,69+,70+,71-,73+,74+,82-,83-/m0/s1. The molecule has 7 aromatic rings. The Morgan fingerprint density at radius 3 is 1.93 bits per heavy atom. The Kier molecular flexibility index (Phi) is 28.4. The number of rotatable bonds is 21. The lowest BCUT2D eigenvalue weighted by molar-refractivity contribution is -0.333. The van der Waals surface area contributed by atoms with Gasteiger partial charge in [-0.05, 0) is 152 Å². The lowest BCUT2D eigenvalue weighted by atomic mass is 9.86. The maximum Gasteiger partial charge on any atom is 0.261 e. The van der Waals surface area contributed by atoms with Crippen LogP contribution in [-0.4, -0.2) is 213 Å². The van der Waals surface area contributed by atoms with Crippen molar-refractivity contribution in [2.75, 3.05) is 31.5 Å². The number of anilines is 1. The molecule has 41 heteroatoms. The Morgan fingerprint density at radius 2 is 1.31 bits per heavy atom. The van der Waals surface area contributed by atoms with E-state index in [9.17, 15) is 78.3 Å². The lowest BCUT2D eigenvalue weighted by Gasteiger charge is -2.47. The largest absolute Gasteiger partial charge is 0.508 e. The van der Waals surface area contributed by atoms with Gasteiger partial charge in [-0.25, -0.2) is 8.42 Å². The molecule has 9 amide bonds. The second-order valence-electron chi connectivity index (χ2n) is 30.8. The van der Waals surface area contributed by atoms with Crippen molar-refractivity contribution in [2.24, 2.45) is 17.4 Å². The third-order valence-corrected chi connectivity index (χ3v) is 23.1. The van der Waals surface area contributed by atoms with Crippen molar-refractivity contribution in [3.8, 4) is 57.1 Å². The highest BCUT2D eigenvalue weighted by molar-refractivity contribution is 7.92. The second kappa shape index (κ2) is 38.5. The van der Waals surface area contributed by atoms with Crippen molar-refractivity contribution < 1.29 is 126 Å².